The van der Waals surface area contributed by atoms with Gasteiger partial charge in [0.1, 0.15) is 5.82 Å². The Labute approximate surface area is 194 Å². The highest BCUT2D eigenvalue weighted by atomic mass is 32.2. The minimum atomic E-state index is -0.306. The number of benzene rings is 1. The molecule has 11 heteroatoms. The van der Waals surface area contributed by atoms with Crippen LogP contribution in [-0.2, 0) is 4.74 Å². The fourth-order valence-electron chi connectivity index (χ4n) is 3.37. The zero-order valence-corrected chi connectivity index (χ0v) is 19.9. The maximum Gasteiger partial charge on any atom is 0.204 e. The zero-order valence-electron chi connectivity index (χ0n) is 18.3. The lowest BCUT2D eigenvalue weighted by atomic mass is 10.2. The monoisotopic (exact) mass is 476 g/mol. The van der Waals surface area contributed by atoms with Crippen LogP contribution in [0, 0.1) is 12.7 Å². The van der Waals surface area contributed by atoms with Gasteiger partial charge in [0.05, 0.1) is 31.3 Å². The molecule has 3 aromatic rings. The van der Waals surface area contributed by atoms with Gasteiger partial charge in [0, 0.05) is 23.2 Å². The number of aryl methyl sites for hydroxylation is 1. The molecular formula is C21H25FN6O2S2. The first kappa shape index (κ1) is 22.7. The summed E-state index contributed by atoms with van der Waals surface area (Å²) in [5.41, 5.74) is 0.910. The first-order chi connectivity index (χ1) is 15.5. The minimum Gasteiger partial charge on any atom is -0.490 e. The Morgan fingerprint density at radius 1 is 1.31 bits per heavy atom. The molecule has 1 atom stereocenters. The van der Waals surface area contributed by atoms with E-state index < -0.39 is 0 Å². The molecule has 0 saturated carbocycles. The summed E-state index contributed by atoms with van der Waals surface area (Å²) in [6, 6.07) is 7.12. The molecule has 1 unspecified atom stereocenters. The number of thioether (sulfide) groups is 1. The minimum absolute atomic E-state index is 0.100. The van der Waals surface area contributed by atoms with E-state index in [9.17, 15) is 4.39 Å². The van der Waals surface area contributed by atoms with E-state index in [-0.39, 0.29) is 11.9 Å². The average molecular weight is 477 g/mol. The molecule has 1 aromatic carbocycles. The van der Waals surface area contributed by atoms with Gasteiger partial charge in [-0.3, -0.25) is 5.10 Å². The highest BCUT2D eigenvalue weighted by molar-refractivity contribution is 7.99. The Morgan fingerprint density at radius 2 is 2.16 bits per heavy atom. The Morgan fingerprint density at radius 3 is 2.81 bits per heavy atom. The molecule has 0 bridgehead atoms. The number of methoxy groups -OCH3 is 1. The number of ether oxygens (including phenoxy) is 2. The van der Waals surface area contributed by atoms with E-state index in [1.165, 1.54) is 29.6 Å². The smallest absolute Gasteiger partial charge is 0.204 e. The van der Waals surface area contributed by atoms with Crippen LogP contribution >= 0.6 is 23.5 Å². The number of aromatic nitrogens is 4. The molecule has 32 heavy (non-hydrogen) atoms. The van der Waals surface area contributed by atoms with Crippen LogP contribution in [0.5, 0.6) is 5.75 Å². The van der Waals surface area contributed by atoms with E-state index in [2.05, 4.69) is 32.3 Å². The zero-order chi connectivity index (χ0) is 22.7. The molecule has 4 rings (SSSR count). The number of H-pyrrole nitrogens is 1. The molecule has 170 valence electrons. The fourth-order valence-corrected chi connectivity index (χ4v) is 4.55. The van der Waals surface area contributed by atoms with E-state index in [1.54, 1.807) is 13.2 Å². The summed E-state index contributed by atoms with van der Waals surface area (Å²) in [4.78, 5) is 12.8. The Hall–Kier alpha value is -2.50. The first-order valence-corrected chi connectivity index (χ1v) is 12.1. The summed E-state index contributed by atoms with van der Waals surface area (Å²) in [5.74, 6) is 1.90. The van der Waals surface area contributed by atoms with Gasteiger partial charge in [0.25, 0.3) is 0 Å². The highest BCUT2D eigenvalue weighted by Gasteiger charge is 2.27. The molecule has 3 heterocycles. The summed E-state index contributed by atoms with van der Waals surface area (Å²) < 4.78 is 26.0. The summed E-state index contributed by atoms with van der Waals surface area (Å²) in [6.45, 7) is 5.82. The van der Waals surface area contributed by atoms with Crippen molar-refractivity contribution >= 4 is 41.0 Å². The van der Waals surface area contributed by atoms with Crippen molar-refractivity contribution in [2.45, 2.75) is 34.8 Å². The lowest BCUT2D eigenvalue weighted by Gasteiger charge is -2.35. The topological polar surface area (TPSA) is 88.2 Å². The summed E-state index contributed by atoms with van der Waals surface area (Å²) in [7, 11) is 1.59. The van der Waals surface area contributed by atoms with Crippen LogP contribution < -0.4 is 15.0 Å². The molecule has 0 radical (unpaired) electrons. The number of hydrogen-bond donors (Lipinski definition) is 2. The Kier molecular flexibility index (Phi) is 7.07. The van der Waals surface area contributed by atoms with Crippen molar-refractivity contribution in [2.24, 2.45) is 0 Å². The van der Waals surface area contributed by atoms with Crippen LogP contribution in [-0.4, -0.2) is 59.3 Å². The molecule has 1 saturated heterocycles. The predicted octanol–water partition coefficient (Wildman–Crippen LogP) is 4.50. The second-order valence-corrected chi connectivity index (χ2v) is 9.18. The maximum absolute atomic E-state index is 14.7. The van der Waals surface area contributed by atoms with Crippen molar-refractivity contribution < 1.29 is 13.9 Å². The highest BCUT2D eigenvalue weighted by Crippen LogP contribution is 2.39. The average Bonchev–Trinajstić information content (AvgIpc) is 3.19. The SMILES string of the molecule is COc1c(Nc2cc(C)[nH]n2)nc(Sc2ccc(SC)cc2F)nc1N1CCOCC1C. The molecular weight excluding hydrogens is 451 g/mol. The standard InChI is InChI=1S/C21H25FN6O2S2/c1-12-9-17(27-26-12)23-19-18(29-3)20(28-7-8-30-11-13(28)2)25-21(24-19)32-16-6-5-14(31-4)10-15(16)22/h5-6,9-10,13H,7-8,11H2,1-4H3,(H2,23,24,25,26,27). The lowest BCUT2D eigenvalue weighted by Crippen LogP contribution is -2.44. The molecule has 0 aliphatic carbocycles. The van der Waals surface area contributed by atoms with Crippen LogP contribution in [0.25, 0.3) is 0 Å². The molecule has 8 nitrogen and oxygen atoms in total. The predicted molar refractivity (Wildman–Crippen MR) is 125 cm³/mol. The third-order valence-electron chi connectivity index (χ3n) is 4.96. The van der Waals surface area contributed by atoms with Crippen molar-refractivity contribution in [1.29, 1.82) is 0 Å². The van der Waals surface area contributed by atoms with Gasteiger partial charge in [-0.05, 0) is 50.1 Å². The molecule has 0 amide bonds. The van der Waals surface area contributed by atoms with Crippen molar-refractivity contribution in [2.75, 3.05) is 43.3 Å². The van der Waals surface area contributed by atoms with Crippen LogP contribution in [0.15, 0.2) is 39.2 Å². The Balaban J connectivity index is 1.76. The van der Waals surface area contributed by atoms with Crippen LogP contribution in [0.4, 0.5) is 21.8 Å². The fraction of sp³-hybridized carbons (Fsp3) is 0.381. The van der Waals surface area contributed by atoms with Gasteiger partial charge in [-0.15, -0.1) is 11.8 Å². The van der Waals surface area contributed by atoms with Gasteiger partial charge in [-0.25, -0.2) is 14.4 Å². The van der Waals surface area contributed by atoms with E-state index >= 15 is 0 Å². The van der Waals surface area contributed by atoms with Crippen LogP contribution in [0.3, 0.4) is 0 Å². The lowest BCUT2D eigenvalue weighted by molar-refractivity contribution is 0.0981. The second-order valence-electron chi connectivity index (χ2n) is 7.29. The molecule has 0 spiro atoms. The summed E-state index contributed by atoms with van der Waals surface area (Å²) >= 11 is 2.67. The summed E-state index contributed by atoms with van der Waals surface area (Å²) in [5, 5.41) is 10.8. The largest absolute Gasteiger partial charge is 0.490 e. The molecule has 1 aliphatic heterocycles. The molecule has 1 aliphatic rings. The first-order valence-electron chi connectivity index (χ1n) is 10.1. The number of nitrogens with one attached hydrogen (secondary N) is 2. The molecule has 1 fully saturated rings. The van der Waals surface area contributed by atoms with E-state index in [0.29, 0.717) is 53.0 Å². The van der Waals surface area contributed by atoms with Gasteiger partial charge < -0.3 is 19.7 Å². The molecule has 2 N–H and O–H groups in total. The van der Waals surface area contributed by atoms with Crippen LogP contribution in [0.1, 0.15) is 12.6 Å². The number of morpholine rings is 1. The maximum atomic E-state index is 14.7. The van der Waals surface area contributed by atoms with Crippen molar-refractivity contribution in [3.63, 3.8) is 0 Å². The third kappa shape index (κ3) is 4.94. The Bertz CT molecular complexity index is 1100. The van der Waals surface area contributed by atoms with Gasteiger partial charge in [0.15, 0.2) is 22.6 Å². The van der Waals surface area contributed by atoms with Gasteiger partial charge >= 0.3 is 0 Å². The number of nitrogens with zero attached hydrogens (tertiary/aromatic N) is 4. The molecule has 2 aromatic heterocycles. The van der Waals surface area contributed by atoms with E-state index in [0.717, 1.165) is 10.6 Å². The van der Waals surface area contributed by atoms with E-state index in [4.69, 9.17) is 14.5 Å². The van der Waals surface area contributed by atoms with Crippen molar-refractivity contribution in [1.82, 2.24) is 20.2 Å². The summed E-state index contributed by atoms with van der Waals surface area (Å²) in [6.07, 6.45) is 1.92. The number of aromatic amines is 1. The van der Waals surface area contributed by atoms with Crippen LogP contribution in [0.2, 0.25) is 0 Å². The van der Waals surface area contributed by atoms with E-state index in [1.807, 2.05) is 25.3 Å². The number of halogens is 1. The van der Waals surface area contributed by atoms with Gasteiger partial charge in [-0.2, -0.15) is 5.10 Å². The van der Waals surface area contributed by atoms with Gasteiger partial charge in [0.2, 0.25) is 5.75 Å². The normalized spacial score (nSPS) is 16.3. The quantitative estimate of drug-likeness (QED) is 0.378. The van der Waals surface area contributed by atoms with Crippen molar-refractivity contribution in [3.8, 4) is 5.75 Å². The number of hydrogen-bond acceptors (Lipinski definition) is 9. The van der Waals surface area contributed by atoms with Crippen molar-refractivity contribution in [3.05, 3.63) is 35.8 Å². The number of anilines is 3. The second kappa shape index (κ2) is 9.97. The third-order valence-corrected chi connectivity index (χ3v) is 6.61. The van der Waals surface area contributed by atoms with Gasteiger partial charge in [-0.1, -0.05) is 0 Å². The number of rotatable bonds is 7.